The van der Waals surface area contributed by atoms with Crippen LogP contribution in [0.3, 0.4) is 0 Å². The van der Waals surface area contributed by atoms with Crippen LogP contribution in [0.4, 0.5) is 0 Å². The van der Waals surface area contributed by atoms with E-state index in [-0.39, 0.29) is 0 Å². The van der Waals surface area contributed by atoms with Gasteiger partial charge in [-0.1, -0.05) is 12.1 Å². The average molecular weight is 245 g/mol. The van der Waals surface area contributed by atoms with Crippen LogP contribution >= 0.6 is 0 Å². The summed E-state index contributed by atoms with van der Waals surface area (Å²) >= 11 is 0. The Bertz CT molecular complexity index is 505. The Morgan fingerprint density at radius 2 is 2.06 bits per heavy atom. The maximum absolute atomic E-state index is 5.82. The van der Waals surface area contributed by atoms with Crippen LogP contribution in [0, 0.1) is 6.92 Å². The van der Waals surface area contributed by atoms with E-state index in [1.54, 1.807) is 0 Å². The SMILES string of the molecule is Cc1cc(-c2ccccc2OCCN(C)C)n[nH]1. The lowest BCUT2D eigenvalue weighted by atomic mass is 10.1. The highest BCUT2D eigenvalue weighted by molar-refractivity contribution is 5.67. The van der Waals surface area contributed by atoms with Gasteiger partial charge in [0.2, 0.25) is 0 Å². The van der Waals surface area contributed by atoms with Gasteiger partial charge < -0.3 is 9.64 Å². The fourth-order valence-electron chi connectivity index (χ4n) is 1.70. The fraction of sp³-hybridized carbons (Fsp3) is 0.357. The number of hydrogen-bond acceptors (Lipinski definition) is 3. The number of H-pyrrole nitrogens is 1. The molecule has 4 heteroatoms. The van der Waals surface area contributed by atoms with Crippen molar-refractivity contribution in [3.8, 4) is 17.0 Å². The maximum Gasteiger partial charge on any atom is 0.128 e. The molecule has 4 nitrogen and oxygen atoms in total. The lowest BCUT2D eigenvalue weighted by molar-refractivity contribution is 0.262. The maximum atomic E-state index is 5.82. The third kappa shape index (κ3) is 3.11. The third-order valence-corrected chi connectivity index (χ3v) is 2.67. The lowest BCUT2D eigenvalue weighted by Crippen LogP contribution is -2.19. The minimum absolute atomic E-state index is 0.674. The van der Waals surface area contributed by atoms with Crippen molar-refractivity contribution in [3.05, 3.63) is 36.0 Å². The van der Waals surface area contributed by atoms with Crippen molar-refractivity contribution in [1.82, 2.24) is 15.1 Å². The van der Waals surface area contributed by atoms with Crippen LogP contribution < -0.4 is 4.74 Å². The lowest BCUT2D eigenvalue weighted by Gasteiger charge is -2.13. The van der Waals surface area contributed by atoms with Crippen LogP contribution in [0.15, 0.2) is 30.3 Å². The topological polar surface area (TPSA) is 41.1 Å². The molecule has 1 aromatic carbocycles. The van der Waals surface area contributed by atoms with Crippen LogP contribution in [0.25, 0.3) is 11.3 Å². The summed E-state index contributed by atoms with van der Waals surface area (Å²) in [5, 5.41) is 7.23. The molecule has 0 fully saturated rings. The van der Waals surface area contributed by atoms with Crippen LogP contribution in [0.2, 0.25) is 0 Å². The molecule has 18 heavy (non-hydrogen) atoms. The number of nitrogens with zero attached hydrogens (tertiary/aromatic N) is 2. The molecule has 2 aromatic rings. The smallest absolute Gasteiger partial charge is 0.128 e. The summed E-state index contributed by atoms with van der Waals surface area (Å²) in [7, 11) is 4.07. The molecular weight excluding hydrogens is 226 g/mol. The summed E-state index contributed by atoms with van der Waals surface area (Å²) in [5.41, 5.74) is 3.00. The van der Waals surface area contributed by atoms with E-state index in [2.05, 4.69) is 15.1 Å². The number of rotatable bonds is 5. The Kier molecular flexibility index (Phi) is 3.99. The zero-order valence-corrected chi connectivity index (χ0v) is 11.1. The third-order valence-electron chi connectivity index (χ3n) is 2.67. The molecular formula is C14H19N3O. The highest BCUT2D eigenvalue weighted by Gasteiger charge is 2.08. The van der Waals surface area contributed by atoms with E-state index in [4.69, 9.17) is 4.74 Å². The Hall–Kier alpha value is -1.81. The number of aromatic nitrogens is 2. The van der Waals surface area contributed by atoms with E-state index < -0.39 is 0 Å². The van der Waals surface area contributed by atoms with Crippen molar-refractivity contribution in [2.24, 2.45) is 0 Å². The first-order valence-electron chi connectivity index (χ1n) is 6.06. The van der Waals surface area contributed by atoms with E-state index in [0.717, 1.165) is 29.2 Å². The van der Waals surface area contributed by atoms with E-state index in [1.807, 2.05) is 51.4 Å². The Labute approximate surface area is 108 Å². The molecule has 1 N–H and O–H groups in total. The molecule has 0 saturated heterocycles. The van der Waals surface area contributed by atoms with Gasteiger partial charge in [0.1, 0.15) is 12.4 Å². The highest BCUT2D eigenvalue weighted by atomic mass is 16.5. The Morgan fingerprint density at radius 3 is 2.72 bits per heavy atom. The van der Waals surface area contributed by atoms with Gasteiger partial charge in [-0.2, -0.15) is 5.10 Å². The molecule has 0 aliphatic rings. The van der Waals surface area contributed by atoms with Crippen molar-refractivity contribution < 1.29 is 4.74 Å². The number of hydrogen-bond donors (Lipinski definition) is 1. The van der Waals surface area contributed by atoms with Gasteiger partial charge in [0, 0.05) is 17.8 Å². The first kappa shape index (κ1) is 12.6. The molecule has 0 aliphatic heterocycles. The normalized spacial score (nSPS) is 10.9. The first-order chi connectivity index (χ1) is 8.66. The number of benzene rings is 1. The van der Waals surface area contributed by atoms with Crippen LogP contribution in [0.1, 0.15) is 5.69 Å². The molecule has 0 aliphatic carbocycles. The van der Waals surface area contributed by atoms with Gasteiger partial charge in [-0.05, 0) is 39.2 Å². The second kappa shape index (κ2) is 5.69. The van der Waals surface area contributed by atoms with Gasteiger partial charge in [0.15, 0.2) is 0 Å². The van der Waals surface area contributed by atoms with E-state index in [9.17, 15) is 0 Å². The zero-order chi connectivity index (χ0) is 13.0. The molecule has 0 amide bonds. The van der Waals surface area contributed by atoms with Gasteiger partial charge in [0.05, 0.1) is 5.69 Å². The molecule has 0 saturated carbocycles. The second-order valence-corrected chi connectivity index (χ2v) is 4.58. The molecule has 1 aromatic heterocycles. The minimum Gasteiger partial charge on any atom is -0.492 e. The van der Waals surface area contributed by atoms with Gasteiger partial charge in [-0.15, -0.1) is 0 Å². The van der Waals surface area contributed by atoms with Crippen molar-refractivity contribution in [2.45, 2.75) is 6.92 Å². The van der Waals surface area contributed by atoms with Crippen LogP contribution in [0.5, 0.6) is 5.75 Å². The van der Waals surface area contributed by atoms with Crippen molar-refractivity contribution in [2.75, 3.05) is 27.2 Å². The standard InChI is InChI=1S/C14H19N3O/c1-11-10-13(16-15-11)12-6-4-5-7-14(12)18-9-8-17(2)3/h4-7,10H,8-9H2,1-3H3,(H,15,16). The van der Waals surface area contributed by atoms with E-state index in [0.29, 0.717) is 6.61 Å². The molecule has 0 bridgehead atoms. The minimum atomic E-state index is 0.674. The number of para-hydroxylation sites is 1. The van der Waals surface area contributed by atoms with Gasteiger partial charge in [-0.3, -0.25) is 5.10 Å². The van der Waals surface area contributed by atoms with E-state index in [1.165, 1.54) is 0 Å². The second-order valence-electron chi connectivity index (χ2n) is 4.58. The Morgan fingerprint density at radius 1 is 1.28 bits per heavy atom. The summed E-state index contributed by atoms with van der Waals surface area (Å²) in [6.45, 7) is 3.56. The predicted molar refractivity (Wildman–Crippen MR) is 72.8 cm³/mol. The number of nitrogens with one attached hydrogen (secondary N) is 1. The zero-order valence-electron chi connectivity index (χ0n) is 11.1. The van der Waals surface area contributed by atoms with Gasteiger partial charge in [-0.25, -0.2) is 0 Å². The summed E-state index contributed by atoms with van der Waals surface area (Å²) in [5.74, 6) is 0.880. The highest BCUT2D eigenvalue weighted by Crippen LogP contribution is 2.28. The van der Waals surface area contributed by atoms with Gasteiger partial charge >= 0.3 is 0 Å². The largest absolute Gasteiger partial charge is 0.492 e. The van der Waals surface area contributed by atoms with Crippen molar-refractivity contribution in [3.63, 3.8) is 0 Å². The predicted octanol–water partition coefficient (Wildman–Crippen LogP) is 2.33. The number of likely N-dealkylation sites (N-methyl/N-ethyl adjacent to an activating group) is 1. The van der Waals surface area contributed by atoms with Crippen LogP contribution in [-0.2, 0) is 0 Å². The fourth-order valence-corrected chi connectivity index (χ4v) is 1.70. The van der Waals surface area contributed by atoms with Crippen molar-refractivity contribution in [1.29, 1.82) is 0 Å². The quantitative estimate of drug-likeness (QED) is 0.879. The van der Waals surface area contributed by atoms with Crippen LogP contribution in [-0.4, -0.2) is 42.3 Å². The molecule has 0 radical (unpaired) electrons. The van der Waals surface area contributed by atoms with E-state index >= 15 is 0 Å². The summed E-state index contributed by atoms with van der Waals surface area (Å²) < 4.78 is 5.82. The molecule has 0 atom stereocenters. The molecule has 0 spiro atoms. The van der Waals surface area contributed by atoms with Gasteiger partial charge in [0.25, 0.3) is 0 Å². The summed E-state index contributed by atoms with van der Waals surface area (Å²) in [6, 6.07) is 10.0. The van der Waals surface area contributed by atoms with Crippen molar-refractivity contribution >= 4 is 0 Å². The Balaban J connectivity index is 2.15. The monoisotopic (exact) mass is 245 g/mol. The summed E-state index contributed by atoms with van der Waals surface area (Å²) in [6.07, 6.45) is 0. The molecule has 1 heterocycles. The number of aryl methyl sites for hydroxylation is 1. The first-order valence-corrected chi connectivity index (χ1v) is 6.06. The molecule has 0 unspecified atom stereocenters. The molecule has 96 valence electrons. The molecule has 2 rings (SSSR count). The average Bonchev–Trinajstić information content (AvgIpc) is 2.76. The number of ether oxygens (including phenoxy) is 1. The number of aromatic amines is 1. The summed E-state index contributed by atoms with van der Waals surface area (Å²) in [4.78, 5) is 2.10.